The molecule has 0 saturated carbocycles. The predicted octanol–water partition coefficient (Wildman–Crippen LogP) is 1.70. The number of rotatable bonds is 11. The average Bonchev–Trinajstić information content (AvgIpc) is 2.41. The minimum Gasteiger partial charge on any atom is -0.464 e. The van der Waals surface area contributed by atoms with Crippen LogP contribution >= 0.6 is 0 Å². The molecule has 0 aliphatic rings. The van der Waals surface area contributed by atoms with Gasteiger partial charge >= 0.3 is 5.97 Å². The van der Waals surface area contributed by atoms with Crippen LogP contribution in [0.1, 0.15) is 51.9 Å². The van der Waals surface area contributed by atoms with E-state index in [9.17, 15) is 9.59 Å². The van der Waals surface area contributed by atoms with Crippen molar-refractivity contribution in [1.29, 1.82) is 0 Å². The Morgan fingerprint density at radius 3 is 2.42 bits per heavy atom. The minimum atomic E-state index is -0.298. The van der Waals surface area contributed by atoms with E-state index in [1.165, 1.54) is 19.3 Å². The lowest BCUT2D eigenvalue weighted by Gasteiger charge is -2.16. The van der Waals surface area contributed by atoms with E-state index in [2.05, 4.69) is 6.92 Å². The van der Waals surface area contributed by atoms with Crippen molar-refractivity contribution in [1.82, 2.24) is 4.90 Å². The molecule has 1 amide bonds. The van der Waals surface area contributed by atoms with Gasteiger partial charge in [0, 0.05) is 26.6 Å². The van der Waals surface area contributed by atoms with Crippen LogP contribution in [0.15, 0.2) is 0 Å². The summed E-state index contributed by atoms with van der Waals surface area (Å²) in [5, 5.41) is 0. The van der Waals surface area contributed by atoms with Crippen LogP contribution in [0.5, 0.6) is 0 Å². The molecule has 19 heavy (non-hydrogen) atoms. The molecule has 0 saturated heterocycles. The zero-order chi connectivity index (χ0) is 14.5. The van der Waals surface area contributed by atoms with E-state index in [0.717, 1.165) is 12.8 Å². The van der Waals surface area contributed by atoms with E-state index in [1.807, 2.05) is 0 Å². The SMILES string of the molecule is CCCCCCCC(=O)N(C)CCC(=O)OCCN. The third-order valence-corrected chi connectivity index (χ3v) is 2.95. The van der Waals surface area contributed by atoms with Crippen LogP contribution in [0.2, 0.25) is 0 Å². The molecule has 0 radical (unpaired) electrons. The third-order valence-electron chi connectivity index (χ3n) is 2.95. The number of nitrogens with zero attached hydrogens (tertiary/aromatic N) is 1. The molecule has 0 aromatic heterocycles. The molecule has 0 bridgehead atoms. The number of hydrogen-bond donors (Lipinski definition) is 1. The second-order valence-electron chi connectivity index (χ2n) is 4.74. The highest BCUT2D eigenvalue weighted by Gasteiger charge is 2.10. The van der Waals surface area contributed by atoms with Gasteiger partial charge in [0.15, 0.2) is 0 Å². The van der Waals surface area contributed by atoms with Gasteiger partial charge in [0.2, 0.25) is 5.91 Å². The van der Waals surface area contributed by atoms with E-state index in [-0.39, 0.29) is 24.9 Å². The normalized spacial score (nSPS) is 10.3. The van der Waals surface area contributed by atoms with Crippen molar-refractivity contribution in [3.8, 4) is 0 Å². The maximum atomic E-state index is 11.8. The summed E-state index contributed by atoms with van der Waals surface area (Å²) >= 11 is 0. The third kappa shape index (κ3) is 10.5. The van der Waals surface area contributed by atoms with Crippen LogP contribution in [-0.4, -0.2) is 43.5 Å². The molecular weight excluding hydrogens is 244 g/mol. The standard InChI is InChI=1S/C14H28N2O3/c1-3-4-5-6-7-8-13(17)16(2)11-9-14(18)19-12-10-15/h3-12,15H2,1-2H3. The Hall–Kier alpha value is -1.10. The first-order valence-electron chi connectivity index (χ1n) is 7.21. The summed E-state index contributed by atoms with van der Waals surface area (Å²) < 4.78 is 4.84. The molecule has 5 heteroatoms. The van der Waals surface area contributed by atoms with Gasteiger partial charge in [-0.25, -0.2) is 0 Å². The van der Waals surface area contributed by atoms with Crippen molar-refractivity contribution >= 4 is 11.9 Å². The second-order valence-corrected chi connectivity index (χ2v) is 4.74. The van der Waals surface area contributed by atoms with Crippen molar-refractivity contribution < 1.29 is 14.3 Å². The van der Waals surface area contributed by atoms with Gasteiger partial charge < -0.3 is 15.4 Å². The Labute approximate surface area is 116 Å². The van der Waals surface area contributed by atoms with E-state index in [4.69, 9.17) is 10.5 Å². The Kier molecular flexibility index (Phi) is 11.3. The first kappa shape index (κ1) is 17.9. The number of carbonyl (C=O) groups is 2. The minimum absolute atomic E-state index is 0.100. The maximum Gasteiger partial charge on any atom is 0.307 e. The Morgan fingerprint density at radius 1 is 1.11 bits per heavy atom. The second kappa shape index (κ2) is 12.0. The molecule has 0 aliphatic carbocycles. The summed E-state index contributed by atoms with van der Waals surface area (Å²) in [5.74, 6) is -0.198. The summed E-state index contributed by atoms with van der Waals surface area (Å²) in [4.78, 5) is 24.6. The summed E-state index contributed by atoms with van der Waals surface area (Å²) in [6, 6.07) is 0. The van der Waals surface area contributed by atoms with Crippen LogP contribution in [0.3, 0.4) is 0 Å². The van der Waals surface area contributed by atoms with Gasteiger partial charge in [-0.15, -0.1) is 0 Å². The summed E-state index contributed by atoms with van der Waals surface area (Å²) in [6.45, 7) is 3.16. The van der Waals surface area contributed by atoms with Gasteiger partial charge in [0.25, 0.3) is 0 Å². The molecule has 0 rings (SSSR count). The van der Waals surface area contributed by atoms with Crippen LogP contribution in [0.25, 0.3) is 0 Å². The fourth-order valence-corrected chi connectivity index (χ4v) is 1.70. The lowest BCUT2D eigenvalue weighted by Crippen LogP contribution is -2.29. The number of ether oxygens (including phenoxy) is 1. The Balaban J connectivity index is 3.61. The van der Waals surface area contributed by atoms with E-state index in [0.29, 0.717) is 19.5 Å². The highest BCUT2D eigenvalue weighted by Crippen LogP contribution is 2.06. The van der Waals surface area contributed by atoms with Gasteiger partial charge in [-0.2, -0.15) is 0 Å². The van der Waals surface area contributed by atoms with Crippen LogP contribution < -0.4 is 5.73 Å². The smallest absolute Gasteiger partial charge is 0.307 e. The zero-order valence-corrected chi connectivity index (χ0v) is 12.3. The quantitative estimate of drug-likeness (QED) is 0.459. The molecule has 0 atom stereocenters. The average molecular weight is 272 g/mol. The monoisotopic (exact) mass is 272 g/mol. The maximum absolute atomic E-state index is 11.8. The van der Waals surface area contributed by atoms with Crippen LogP contribution in [-0.2, 0) is 14.3 Å². The van der Waals surface area contributed by atoms with E-state index >= 15 is 0 Å². The molecule has 2 N–H and O–H groups in total. The van der Waals surface area contributed by atoms with Gasteiger partial charge in [0.1, 0.15) is 6.61 Å². The van der Waals surface area contributed by atoms with Crippen molar-refractivity contribution in [2.45, 2.75) is 51.9 Å². The van der Waals surface area contributed by atoms with Gasteiger partial charge in [-0.1, -0.05) is 32.6 Å². The number of nitrogens with two attached hydrogens (primary N) is 1. The molecule has 0 unspecified atom stereocenters. The molecular formula is C14H28N2O3. The summed E-state index contributed by atoms with van der Waals surface area (Å²) in [7, 11) is 1.73. The topological polar surface area (TPSA) is 72.6 Å². The fourth-order valence-electron chi connectivity index (χ4n) is 1.70. The van der Waals surface area contributed by atoms with Crippen molar-refractivity contribution in [3.05, 3.63) is 0 Å². The molecule has 112 valence electrons. The zero-order valence-electron chi connectivity index (χ0n) is 12.3. The molecule has 0 fully saturated rings. The lowest BCUT2D eigenvalue weighted by molar-refractivity contribution is -0.144. The first-order valence-corrected chi connectivity index (χ1v) is 7.21. The largest absolute Gasteiger partial charge is 0.464 e. The van der Waals surface area contributed by atoms with Crippen LogP contribution in [0.4, 0.5) is 0 Å². The predicted molar refractivity (Wildman–Crippen MR) is 75.6 cm³/mol. The molecule has 0 aliphatic heterocycles. The molecule has 0 aromatic rings. The van der Waals surface area contributed by atoms with Crippen molar-refractivity contribution in [2.24, 2.45) is 5.73 Å². The van der Waals surface area contributed by atoms with Crippen LogP contribution in [0, 0.1) is 0 Å². The molecule has 0 aromatic carbocycles. The van der Waals surface area contributed by atoms with Crippen molar-refractivity contribution in [2.75, 3.05) is 26.7 Å². The molecule has 0 spiro atoms. The number of amides is 1. The number of carbonyl (C=O) groups excluding carboxylic acids is 2. The lowest BCUT2D eigenvalue weighted by atomic mass is 10.1. The Morgan fingerprint density at radius 2 is 1.79 bits per heavy atom. The van der Waals surface area contributed by atoms with Gasteiger partial charge in [-0.05, 0) is 6.42 Å². The first-order chi connectivity index (χ1) is 9.11. The highest BCUT2D eigenvalue weighted by molar-refractivity contribution is 5.77. The van der Waals surface area contributed by atoms with Gasteiger partial charge in [-0.3, -0.25) is 9.59 Å². The summed E-state index contributed by atoms with van der Waals surface area (Å²) in [6.07, 6.45) is 6.47. The molecule has 5 nitrogen and oxygen atoms in total. The number of hydrogen-bond acceptors (Lipinski definition) is 4. The Bertz CT molecular complexity index is 257. The molecule has 0 heterocycles. The van der Waals surface area contributed by atoms with E-state index in [1.54, 1.807) is 11.9 Å². The van der Waals surface area contributed by atoms with E-state index < -0.39 is 0 Å². The highest BCUT2D eigenvalue weighted by atomic mass is 16.5. The van der Waals surface area contributed by atoms with Gasteiger partial charge in [0.05, 0.1) is 6.42 Å². The number of esters is 1. The summed E-state index contributed by atoms with van der Waals surface area (Å²) in [5.41, 5.74) is 5.23. The van der Waals surface area contributed by atoms with Crippen molar-refractivity contribution in [3.63, 3.8) is 0 Å². The number of unbranched alkanes of at least 4 members (excludes halogenated alkanes) is 4. The fraction of sp³-hybridized carbons (Fsp3) is 0.857.